The molecule has 0 fully saturated rings. The minimum Gasteiger partial charge on any atom is -0.325 e. The summed E-state index contributed by atoms with van der Waals surface area (Å²) in [7, 11) is 0. The number of para-hydroxylation sites is 1. The summed E-state index contributed by atoms with van der Waals surface area (Å²) in [5, 5.41) is 5.37. The van der Waals surface area contributed by atoms with Crippen LogP contribution in [0.2, 0.25) is 0 Å². The summed E-state index contributed by atoms with van der Waals surface area (Å²) < 4.78 is 42.2. The Morgan fingerprint density at radius 3 is 2.64 bits per heavy atom. The lowest BCUT2D eigenvalue weighted by atomic mass is 10.1. The first-order chi connectivity index (χ1) is 15.7. The zero-order valence-corrected chi connectivity index (χ0v) is 18.8. The van der Waals surface area contributed by atoms with Crippen LogP contribution in [-0.2, 0) is 11.0 Å². The molecular formula is C23H18F3N3O2S2. The number of alkyl halides is 3. The highest BCUT2D eigenvalue weighted by Gasteiger charge is 2.33. The second-order valence-corrected chi connectivity index (χ2v) is 9.45. The number of fused-ring (bicyclic) bond motifs is 1. The van der Waals surface area contributed by atoms with E-state index in [-0.39, 0.29) is 22.8 Å². The van der Waals surface area contributed by atoms with Gasteiger partial charge in [-0.25, -0.2) is 0 Å². The van der Waals surface area contributed by atoms with Crippen LogP contribution >= 0.6 is 23.7 Å². The third-order valence-electron chi connectivity index (χ3n) is 4.78. The molecule has 5 nitrogen and oxygen atoms in total. The van der Waals surface area contributed by atoms with Crippen LogP contribution in [0.4, 0.5) is 30.2 Å². The molecule has 0 saturated carbocycles. The molecular weight excluding hydrogens is 471 g/mol. The van der Waals surface area contributed by atoms with Gasteiger partial charge in [0.15, 0.2) is 0 Å². The predicted octanol–water partition coefficient (Wildman–Crippen LogP) is 6.51. The average molecular weight is 490 g/mol. The number of carbonyl (C=O) groups excluding carboxylic acids is 2. The summed E-state index contributed by atoms with van der Waals surface area (Å²) in [5.41, 5.74) is 0.648. The van der Waals surface area contributed by atoms with E-state index in [1.807, 2.05) is 6.92 Å². The molecule has 3 N–H and O–H groups in total. The first-order valence-corrected chi connectivity index (χ1v) is 11.5. The second kappa shape index (κ2) is 9.40. The third-order valence-corrected chi connectivity index (χ3v) is 6.76. The van der Waals surface area contributed by atoms with Gasteiger partial charge in [-0.2, -0.15) is 13.2 Å². The second-order valence-electron chi connectivity index (χ2n) is 7.19. The molecule has 3 aromatic carbocycles. The van der Waals surface area contributed by atoms with E-state index in [0.29, 0.717) is 21.8 Å². The Morgan fingerprint density at radius 2 is 1.85 bits per heavy atom. The molecule has 3 aromatic rings. The van der Waals surface area contributed by atoms with Crippen molar-refractivity contribution in [1.82, 2.24) is 0 Å². The molecule has 0 saturated heterocycles. The largest absolute Gasteiger partial charge is 0.418 e. The molecule has 0 radical (unpaired) electrons. The van der Waals surface area contributed by atoms with Gasteiger partial charge in [0.25, 0.3) is 5.91 Å². The summed E-state index contributed by atoms with van der Waals surface area (Å²) in [4.78, 5) is 26.1. The van der Waals surface area contributed by atoms with Gasteiger partial charge in [0.05, 0.1) is 22.2 Å². The first-order valence-electron chi connectivity index (χ1n) is 9.83. The fourth-order valence-electron chi connectivity index (χ4n) is 3.12. The number of nitrogens with one attached hydrogen (secondary N) is 3. The summed E-state index contributed by atoms with van der Waals surface area (Å²) >= 11 is 2.44. The summed E-state index contributed by atoms with van der Waals surface area (Å²) in [6, 6.07) is 17.1. The molecule has 1 aliphatic rings. The van der Waals surface area contributed by atoms with Gasteiger partial charge in [-0.1, -0.05) is 18.2 Å². The summed E-state index contributed by atoms with van der Waals surface area (Å²) in [5.74, 6) is -0.484. The summed E-state index contributed by atoms with van der Waals surface area (Å²) in [6.45, 7) is 1.81. The molecule has 33 heavy (non-hydrogen) atoms. The molecule has 0 bridgehead atoms. The summed E-state index contributed by atoms with van der Waals surface area (Å²) in [6.07, 6.45) is -4.47. The van der Waals surface area contributed by atoms with Crippen molar-refractivity contribution in [2.24, 2.45) is 0 Å². The molecule has 4 rings (SSSR count). The quantitative estimate of drug-likeness (QED) is 0.357. The van der Waals surface area contributed by atoms with Crippen LogP contribution in [0.5, 0.6) is 0 Å². The fourth-order valence-corrected chi connectivity index (χ4v) is 4.79. The molecule has 1 atom stereocenters. The number of thioether (sulfide) groups is 1. The zero-order valence-electron chi connectivity index (χ0n) is 17.2. The van der Waals surface area contributed by atoms with Crippen molar-refractivity contribution >= 4 is 52.6 Å². The zero-order chi connectivity index (χ0) is 23.6. The van der Waals surface area contributed by atoms with E-state index in [0.717, 1.165) is 22.9 Å². The van der Waals surface area contributed by atoms with Gasteiger partial charge >= 0.3 is 6.18 Å². The van der Waals surface area contributed by atoms with Crippen molar-refractivity contribution in [3.63, 3.8) is 0 Å². The van der Waals surface area contributed by atoms with Gasteiger partial charge in [0.2, 0.25) is 5.91 Å². The van der Waals surface area contributed by atoms with Crippen LogP contribution in [0.1, 0.15) is 22.8 Å². The standard InChI is InChI=1S/C23H18F3N3O2S2/c1-13-21(30)28-19-11-14(9-10-20(19)32-13)22(31)27-15-5-4-6-16(12-15)33-29-18-8-3-2-7-17(18)23(24,25)26/h2-13,29H,1H3,(H,27,31)(H,28,30). The van der Waals surface area contributed by atoms with Gasteiger partial charge < -0.3 is 15.4 Å². The minimum absolute atomic E-state index is 0.0484. The van der Waals surface area contributed by atoms with Gasteiger partial charge in [-0.15, -0.1) is 11.8 Å². The normalized spacial score (nSPS) is 15.4. The lowest BCUT2D eigenvalue weighted by Crippen LogP contribution is -2.26. The lowest BCUT2D eigenvalue weighted by Gasteiger charge is -2.21. The lowest BCUT2D eigenvalue weighted by molar-refractivity contribution is -0.136. The van der Waals surface area contributed by atoms with Crippen LogP contribution in [0.15, 0.2) is 76.5 Å². The molecule has 10 heteroatoms. The number of halogens is 3. The van der Waals surface area contributed by atoms with Crippen LogP contribution in [0.3, 0.4) is 0 Å². The van der Waals surface area contributed by atoms with Crippen molar-refractivity contribution < 1.29 is 22.8 Å². The van der Waals surface area contributed by atoms with Gasteiger partial charge in [0, 0.05) is 21.0 Å². The highest BCUT2D eigenvalue weighted by Crippen LogP contribution is 2.37. The number of benzene rings is 3. The van der Waals surface area contributed by atoms with E-state index in [2.05, 4.69) is 15.4 Å². The van der Waals surface area contributed by atoms with E-state index in [1.54, 1.807) is 42.5 Å². The minimum atomic E-state index is -4.47. The van der Waals surface area contributed by atoms with Crippen molar-refractivity contribution in [2.45, 2.75) is 28.1 Å². The molecule has 1 aliphatic heterocycles. The number of amides is 2. The average Bonchev–Trinajstić information content (AvgIpc) is 2.78. The topological polar surface area (TPSA) is 70.2 Å². The number of anilines is 3. The smallest absolute Gasteiger partial charge is 0.325 e. The number of hydrogen-bond donors (Lipinski definition) is 3. The molecule has 0 spiro atoms. The van der Waals surface area contributed by atoms with E-state index >= 15 is 0 Å². The Bertz CT molecular complexity index is 1220. The van der Waals surface area contributed by atoms with Crippen molar-refractivity contribution in [3.05, 3.63) is 77.9 Å². The Balaban J connectivity index is 1.44. The maximum absolute atomic E-state index is 13.2. The fraction of sp³-hybridized carbons (Fsp3) is 0.130. The highest BCUT2D eigenvalue weighted by molar-refractivity contribution is 8.01. The molecule has 2 amide bonds. The van der Waals surface area contributed by atoms with Crippen molar-refractivity contribution in [3.8, 4) is 0 Å². The molecule has 170 valence electrons. The highest BCUT2D eigenvalue weighted by atomic mass is 32.2. The molecule has 0 aliphatic carbocycles. The monoisotopic (exact) mass is 489 g/mol. The van der Waals surface area contributed by atoms with Crippen molar-refractivity contribution in [1.29, 1.82) is 0 Å². The number of hydrogen-bond acceptors (Lipinski definition) is 5. The Hall–Kier alpha value is -3.11. The molecule has 1 heterocycles. The Morgan fingerprint density at radius 1 is 1.06 bits per heavy atom. The van der Waals surface area contributed by atoms with E-state index in [9.17, 15) is 22.8 Å². The van der Waals surface area contributed by atoms with Crippen LogP contribution < -0.4 is 15.4 Å². The van der Waals surface area contributed by atoms with E-state index in [1.165, 1.54) is 30.0 Å². The Kier molecular flexibility index (Phi) is 6.57. The van der Waals surface area contributed by atoms with Crippen LogP contribution in [-0.4, -0.2) is 17.1 Å². The first kappa shape index (κ1) is 23.1. The predicted molar refractivity (Wildman–Crippen MR) is 126 cm³/mol. The van der Waals surface area contributed by atoms with E-state index in [4.69, 9.17) is 0 Å². The van der Waals surface area contributed by atoms with Crippen LogP contribution in [0, 0.1) is 0 Å². The van der Waals surface area contributed by atoms with E-state index < -0.39 is 11.7 Å². The molecule has 1 unspecified atom stereocenters. The van der Waals surface area contributed by atoms with Gasteiger partial charge in [0.1, 0.15) is 0 Å². The maximum atomic E-state index is 13.2. The SMILES string of the molecule is CC1Sc2ccc(C(=O)Nc3cccc(SNc4ccccc4C(F)(F)F)c3)cc2NC1=O. The number of rotatable bonds is 5. The van der Waals surface area contributed by atoms with Crippen LogP contribution in [0.25, 0.3) is 0 Å². The maximum Gasteiger partial charge on any atom is 0.418 e. The molecule has 0 aromatic heterocycles. The Labute approximate surface area is 196 Å². The third kappa shape index (κ3) is 5.45. The van der Waals surface area contributed by atoms with Crippen molar-refractivity contribution in [2.75, 3.05) is 15.4 Å². The van der Waals surface area contributed by atoms with Gasteiger partial charge in [-0.05, 0) is 67.4 Å². The number of carbonyl (C=O) groups is 2. The van der Waals surface area contributed by atoms with Gasteiger partial charge in [-0.3, -0.25) is 9.59 Å².